The molecule has 0 bridgehead atoms. The molecule has 2 aromatic carbocycles. The highest BCUT2D eigenvalue weighted by Crippen LogP contribution is 2.32. The van der Waals surface area contributed by atoms with Gasteiger partial charge < -0.3 is 14.5 Å². The van der Waals surface area contributed by atoms with E-state index in [1.54, 1.807) is 0 Å². The van der Waals surface area contributed by atoms with Gasteiger partial charge in [-0.3, -0.25) is 4.79 Å². The van der Waals surface area contributed by atoms with Gasteiger partial charge in [0.2, 0.25) is 5.91 Å². The molecule has 180 valence electrons. The van der Waals surface area contributed by atoms with E-state index in [2.05, 4.69) is 9.97 Å². The highest BCUT2D eigenvalue weighted by molar-refractivity contribution is 5.79. The van der Waals surface area contributed by atoms with Crippen LogP contribution in [0.1, 0.15) is 32.8 Å². The summed E-state index contributed by atoms with van der Waals surface area (Å²) in [7, 11) is 0. The van der Waals surface area contributed by atoms with E-state index in [4.69, 9.17) is 4.74 Å². The normalized spacial score (nSPS) is 15.8. The van der Waals surface area contributed by atoms with Crippen LogP contribution >= 0.6 is 0 Å². The Labute approximate surface area is 198 Å². The summed E-state index contributed by atoms with van der Waals surface area (Å²) in [4.78, 5) is 25.7. The fraction of sp³-hybridized carbons (Fsp3) is 0.423. The standard InChI is InChI=1S/C26H30F2N4O2/c1-4-32(26(33)17(2)3)19-10-12-31(16-19)24-25(34-13-11-18-8-6-5-7-9-18)30-23-15-21(28)20(27)14-22(23)29-24/h5-9,14-15,17,19H,4,10-13,16H2,1-3H3/t19-/m0/s1. The molecule has 1 saturated heterocycles. The van der Waals surface area contributed by atoms with Gasteiger partial charge in [-0.05, 0) is 18.9 Å². The largest absolute Gasteiger partial charge is 0.475 e. The Bertz CT molecular complexity index is 1160. The molecule has 6 nitrogen and oxygen atoms in total. The van der Waals surface area contributed by atoms with Crippen molar-refractivity contribution in [2.45, 2.75) is 39.7 Å². The molecule has 4 rings (SSSR count). The first-order valence-electron chi connectivity index (χ1n) is 11.8. The van der Waals surface area contributed by atoms with E-state index in [1.807, 2.05) is 60.9 Å². The zero-order chi connectivity index (χ0) is 24.2. The molecular formula is C26H30F2N4O2. The highest BCUT2D eigenvalue weighted by Gasteiger charge is 2.33. The number of carbonyl (C=O) groups is 1. The molecule has 0 N–H and O–H groups in total. The van der Waals surface area contributed by atoms with Crippen molar-refractivity contribution >= 4 is 22.8 Å². The van der Waals surface area contributed by atoms with Crippen LogP contribution in [0.2, 0.25) is 0 Å². The lowest BCUT2D eigenvalue weighted by molar-refractivity contribution is -0.136. The maximum atomic E-state index is 13.9. The quantitative estimate of drug-likeness (QED) is 0.483. The Morgan fingerprint density at radius 1 is 1.15 bits per heavy atom. The Morgan fingerprint density at radius 2 is 1.82 bits per heavy atom. The number of fused-ring (bicyclic) bond motifs is 1. The van der Waals surface area contributed by atoms with Gasteiger partial charge in [-0.15, -0.1) is 0 Å². The molecular weight excluding hydrogens is 438 g/mol. The number of benzene rings is 2. The molecule has 34 heavy (non-hydrogen) atoms. The van der Waals surface area contributed by atoms with Crippen LogP contribution in [0, 0.1) is 17.6 Å². The number of halogens is 2. The lowest BCUT2D eigenvalue weighted by atomic mass is 10.1. The third kappa shape index (κ3) is 5.11. The lowest BCUT2D eigenvalue weighted by Gasteiger charge is -2.29. The average Bonchev–Trinajstić information content (AvgIpc) is 3.30. The van der Waals surface area contributed by atoms with E-state index < -0.39 is 11.6 Å². The molecule has 8 heteroatoms. The molecule has 3 aromatic rings. The summed E-state index contributed by atoms with van der Waals surface area (Å²) in [6, 6.07) is 12.1. The van der Waals surface area contributed by atoms with E-state index in [0.29, 0.717) is 38.5 Å². The van der Waals surface area contributed by atoms with Crippen LogP contribution in [0.25, 0.3) is 11.0 Å². The number of anilines is 1. The number of aromatic nitrogens is 2. The smallest absolute Gasteiger partial charge is 0.258 e. The number of hydrogen-bond acceptors (Lipinski definition) is 5. The summed E-state index contributed by atoms with van der Waals surface area (Å²) in [6.07, 6.45) is 1.46. The fourth-order valence-corrected chi connectivity index (χ4v) is 4.35. The predicted octanol–water partition coefficient (Wildman–Crippen LogP) is 4.61. The summed E-state index contributed by atoms with van der Waals surface area (Å²) in [5, 5.41) is 0. The number of hydrogen-bond donors (Lipinski definition) is 0. The van der Waals surface area contributed by atoms with E-state index in [1.165, 1.54) is 0 Å². The molecule has 0 saturated carbocycles. The topological polar surface area (TPSA) is 58.6 Å². The SMILES string of the molecule is CCN(C(=O)C(C)C)[C@H]1CCN(c2nc3cc(F)c(F)cc3nc2OCCc2ccccc2)C1. The monoisotopic (exact) mass is 468 g/mol. The number of carbonyl (C=O) groups excluding carboxylic acids is 1. The van der Waals surface area contributed by atoms with E-state index in [9.17, 15) is 13.6 Å². The molecule has 1 aliphatic rings. The van der Waals surface area contributed by atoms with Crippen molar-refractivity contribution in [3.05, 3.63) is 59.7 Å². The van der Waals surface area contributed by atoms with Gasteiger partial charge in [-0.25, -0.2) is 18.7 Å². The van der Waals surface area contributed by atoms with Crippen molar-refractivity contribution in [2.24, 2.45) is 5.92 Å². The Kier molecular flexibility index (Phi) is 7.24. The third-order valence-electron chi connectivity index (χ3n) is 6.15. The van der Waals surface area contributed by atoms with Gasteiger partial charge in [0.1, 0.15) is 0 Å². The second kappa shape index (κ2) is 10.3. The van der Waals surface area contributed by atoms with Crippen LogP contribution in [0.5, 0.6) is 5.88 Å². The first-order chi connectivity index (χ1) is 16.4. The minimum absolute atomic E-state index is 0.0412. The minimum atomic E-state index is -0.975. The van der Waals surface area contributed by atoms with Gasteiger partial charge in [0, 0.05) is 44.1 Å². The van der Waals surface area contributed by atoms with Gasteiger partial charge in [-0.2, -0.15) is 0 Å². The molecule has 2 heterocycles. The van der Waals surface area contributed by atoms with Crippen LogP contribution < -0.4 is 9.64 Å². The summed E-state index contributed by atoms with van der Waals surface area (Å²) in [5.41, 5.74) is 1.62. The molecule has 0 aliphatic carbocycles. The molecule has 1 amide bonds. The van der Waals surface area contributed by atoms with Crippen LogP contribution in [0.3, 0.4) is 0 Å². The van der Waals surface area contributed by atoms with Crippen molar-refractivity contribution in [1.82, 2.24) is 14.9 Å². The third-order valence-corrected chi connectivity index (χ3v) is 6.15. The minimum Gasteiger partial charge on any atom is -0.475 e. The Hall–Kier alpha value is -3.29. The predicted molar refractivity (Wildman–Crippen MR) is 128 cm³/mol. The number of likely N-dealkylation sites (N-methyl/N-ethyl adjacent to an activating group) is 1. The average molecular weight is 469 g/mol. The number of rotatable bonds is 8. The van der Waals surface area contributed by atoms with Crippen molar-refractivity contribution in [1.29, 1.82) is 0 Å². The molecule has 1 atom stereocenters. The maximum absolute atomic E-state index is 13.9. The van der Waals surface area contributed by atoms with Crippen molar-refractivity contribution < 1.29 is 18.3 Å². The summed E-state index contributed by atoms with van der Waals surface area (Å²) in [5.74, 6) is -1.13. The molecule has 1 aliphatic heterocycles. The zero-order valence-corrected chi connectivity index (χ0v) is 19.8. The second-order valence-corrected chi connectivity index (χ2v) is 8.86. The first-order valence-corrected chi connectivity index (χ1v) is 11.8. The number of amides is 1. The molecule has 1 fully saturated rings. The van der Waals surface area contributed by atoms with E-state index in [0.717, 1.165) is 24.1 Å². The van der Waals surface area contributed by atoms with Crippen molar-refractivity contribution in [2.75, 3.05) is 31.1 Å². The van der Waals surface area contributed by atoms with E-state index >= 15 is 0 Å². The first kappa shape index (κ1) is 23.9. The van der Waals surface area contributed by atoms with Crippen molar-refractivity contribution in [3.8, 4) is 5.88 Å². The molecule has 0 radical (unpaired) electrons. The van der Waals surface area contributed by atoms with Crippen LogP contribution in [-0.2, 0) is 11.2 Å². The Balaban J connectivity index is 1.61. The second-order valence-electron chi connectivity index (χ2n) is 8.86. The lowest BCUT2D eigenvalue weighted by Crippen LogP contribution is -2.43. The van der Waals surface area contributed by atoms with Crippen molar-refractivity contribution in [3.63, 3.8) is 0 Å². The van der Waals surface area contributed by atoms with Gasteiger partial charge >= 0.3 is 0 Å². The zero-order valence-electron chi connectivity index (χ0n) is 19.8. The summed E-state index contributed by atoms with van der Waals surface area (Å²) >= 11 is 0. The van der Waals surface area contributed by atoms with Gasteiger partial charge in [0.25, 0.3) is 5.88 Å². The van der Waals surface area contributed by atoms with Gasteiger partial charge in [0.15, 0.2) is 17.5 Å². The Morgan fingerprint density at radius 3 is 2.47 bits per heavy atom. The molecule has 1 aromatic heterocycles. The number of ether oxygens (including phenoxy) is 1. The summed E-state index contributed by atoms with van der Waals surface area (Å²) < 4.78 is 33.8. The summed E-state index contributed by atoms with van der Waals surface area (Å²) in [6.45, 7) is 8.01. The molecule has 0 spiro atoms. The highest BCUT2D eigenvalue weighted by atomic mass is 19.2. The van der Waals surface area contributed by atoms with Crippen LogP contribution in [-0.4, -0.2) is 53.1 Å². The van der Waals surface area contributed by atoms with Gasteiger partial charge in [0.05, 0.1) is 23.7 Å². The van der Waals surface area contributed by atoms with E-state index in [-0.39, 0.29) is 34.8 Å². The van der Waals surface area contributed by atoms with Crippen LogP contribution in [0.15, 0.2) is 42.5 Å². The number of nitrogens with zero attached hydrogens (tertiary/aromatic N) is 4. The fourth-order valence-electron chi connectivity index (χ4n) is 4.35. The maximum Gasteiger partial charge on any atom is 0.258 e. The van der Waals surface area contributed by atoms with Crippen LogP contribution in [0.4, 0.5) is 14.6 Å². The van der Waals surface area contributed by atoms with Gasteiger partial charge in [-0.1, -0.05) is 44.2 Å². The molecule has 0 unspecified atom stereocenters.